The van der Waals surface area contributed by atoms with Gasteiger partial charge in [-0.15, -0.1) is 0 Å². The number of pyridine rings is 1. The fraction of sp³-hybridized carbons (Fsp3) is 0.208. The van der Waals surface area contributed by atoms with Crippen molar-refractivity contribution in [3.63, 3.8) is 0 Å². The SMILES string of the molecule is O=C1Nc2ccccc2[C@](O)(C(=O)N2CCN(c3ccccn3)CC2)N1c1ccccc1. The molecule has 0 unspecified atom stereocenters. The van der Waals surface area contributed by atoms with Gasteiger partial charge in [-0.05, 0) is 30.3 Å². The van der Waals surface area contributed by atoms with Crippen LogP contribution < -0.4 is 15.1 Å². The molecule has 1 fully saturated rings. The van der Waals surface area contributed by atoms with E-state index in [2.05, 4.69) is 15.2 Å². The van der Waals surface area contributed by atoms with Gasteiger partial charge in [0.25, 0.3) is 11.6 Å². The van der Waals surface area contributed by atoms with Crippen LogP contribution in [0.25, 0.3) is 0 Å². The van der Waals surface area contributed by atoms with E-state index in [1.807, 2.05) is 24.3 Å². The van der Waals surface area contributed by atoms with E-state index in [-0.39, 0.29) is 0 Å². The highest BCUT2D eigenvalue weighted by atomic mass is 16.3. The summed E-state index contributed by atoms with van der Waals surface area (Å²) in [5.74, 6) is 0.330. The molecule has 0 saturated carbocycles. The van der Waals surface area contributed by atoms with Gasteiger partial charge in [0.15, 0.2) is 0 Å². The lowest BCUT2D eigenvalue weighted by molar-refractivity contribution is -0.152. The van der Waals surface area contributed by atoms with Crippen LogP contribution in [0.3, 0.4) is 0 Å². The van der Waals surface area contributed by atoms with Crippen molar-refractivity contribution in [2.45, 2.75) is 5.72 Å². The molecule has 2 aliphatic rings. The molecule has 0 aliphatic carbocycles. The summed E-state index contributed by atoms with van der Waals surface area (Å²) in [6.07, 6.45) is 1.74. The topological polar surface area (TPSA) is 89.0 Å². The van der Waals surface area contributed by atoms with E-state index >= 15 is 0 Å². The molecular formula is C24H23N5O3. The van der Waals surface area contributed by atoms with Gasteiger partial charge in [0.1, 0.15) is 5.82 Å². The van der Waals surface area contributed by atoms with Crippen LogP contribution in [0.2, 0.25) is 0 Å². The number of fused-ring (bicyclic) bond motifs is 1. The van der Waals surface area contributed by atoms with Crippen LogP contribution >= 0.6 is 0 Å². The predicted molar refractivity (Wildman–Crippen MR) is 121 cm³/mol. The zero-order valence-electron chi connectivity index (χ0n) is 17.4. The van der Waals surface area contributed by atoms with E-state index in [0.717, 1.165) is 10.7 Å². The smallest absolute Gasteiger partial charge is 0.329 e. The molecule has 0 bridgehead atoms. The maximum atomic E-state index is 13.8. The van der Waals surface area contributed by atoms with Gasteiger partial charge in [0.05, 0.1) is 5.69 Å². The monoisotopic (exact) mass is 429 g/mol. The Bertz CT molecular complexity index is 1130. The minimum absolute atomic E-state index is 0.348. The Labute approximate surface area is 185 Å². The summed E-state index contributed by atoms with van der Waals surface area (Å²) in [5.41, 5.74) is -0.955. The Balaban J connectivity index is 1.49. The van der Waals surface area contributed by atoms with Crippen molar-refractivity contribution in [3.05, 3.63) is 84.6 Å². The van der Waals surface area contributed by atoms with Crippen LogP contribution in [0.5, 0.6) is 0 Å². The Morgan fingerprint density at radius 3 is 2.31 bits per heavy atom. The summed E-state index contributed by atoms with van der Waals surface area (Å²) in [7, 11) is 0. The summed E-state index contributed by atoms with van der Waals surface area (Å²) in [5, 5.41) is 14.7. The van der Waals surface area contributed by atoms with E-state index in [4.69, 9.17) is 0 Å². The van der Waals surface area contributed by atoms with Gasteiger partial charge < -0.3 is 20.2 Å². The van der Waals surface area contributed by atoms with Gasteiger partial charge in [-0.2, -0.15) is 0 Å². The van der Waals surface area contributed by atoms with E-state index in [9.17, 15) is 14.7 Å². The average Bonchev–Trinajstić information content (AvgIpc) is 2.85. The molecule has 0 radical (unpaired) electrons. The first-order chi connectivity index (χ1) is 15.6. The van der Waals surface area contributed by atoms with E-state index in [0.29, 0.717) is 43.1 Å². The number of hydrogen-bond acceptors (Lipinski definition) is 5. The maximum absolute atomic E-state index is 13.8. The molecule has 2 aliphatic heterocycles. The first-order valence-electron chi connectivity index (χ1n) is 10.5. The zero-order valence-corrected chi connectivity index (χ0v) is 17.4. The number of aliphatic hydroxyl groups is 1. The molecule has 8 heteroatoms. The van der Waals surface area contributed by atoms with Crippen LogP contribution in [0, 0.1) is 0 Å². The van der Waals surface area contributed by atoms with Gasteiger partial charge in [0, 0.05) is 43.6 Å². The van der Waals surface area contributed by atoms with Crippen molar-refractivity contribution >= 4 is 29.1 Å². The Kier molecular flexibility index (Phi) is 4.99. The minimum Gasteiger partial charge on any atom is -0.359 e. The molecule has 1 aromatic heterocycles. The molecule has 3 amide bonds. The summed E-state index contributed by atoms with van der Waals surface area (Å²) < 4.78 is 0. The summed E-state index contributed by atoms with van der Waals surface area (Å²) in [6.45, 7) is 1.98. The molecule has 2 aromatic carbocycles. The fourth-order valence-electron chi connectivity index (χ4n) is 4.33. The maximum Gasteiger partial charge on any atom is 0.329 e. The predicted octanol–water partition coefficient (Wildman–Crippen LogP) is 2.63. The fourth-order valence-corrected chi connectivity index (χ4v) is 4.33. The van der Waals surface area contributed by atoms with E-state index in [1.165, 1.54) is 0 Å². The number of nitrogens with zero attached hydrogens (tertiary/aromatic N) is 4. The van der Waals surface area contributed by atoms with Crippen molar-refractivity contribution in [1.29, 1.82) is 0 Å². The quantitative estimate of drug-likeness (QED) is 0.668. The molecule has 32 heavy (non-hydrogen) atoms. The van der Waals surface area contributed by atoms with Crippen molar-refractivity contribution < 1.29 is 14.7 Å². The number of rotatable bonds is 3. The van der Waals surface area contributed by atoms with Crippen LogP contribution in [0.4, 0.5) is 22.0 Å². The molecule has 1 saturated heterocycles. The van der Waals surface area contributed by atoms with Gasteiger partial charge in [-0.25, -0.2) is 9.78 Å². The number of hydrogen-bond donors (Lipinski definition) is 2. The first kappa shape index (κ1) is 20.0. The Hall–Kier alpha value is -3.91. The highest BCUT2D eigenvalue weighted by Crippen LogP contribution is 2.40. The highest BCUT2D eigenvalue weighted by Gasteiger charge is 2.53. The number of aromatic nitrogens is 1. The van der Waals surface area contributed by atoms with Crippen LogP contribution in [0.1, 0.15) is 5.56 Å². The number of piperazine rings is 1. The minimum atomic E-state index is -2.16. The van der Waals surface area contributed by atoms with Gasteiger partial charge in [-0.3, -0.25) is 9.69 Å². The van der Waals surface area contributed by atoms with Gasteiger partial charge >= 0.3 is 6.03 Å². The van der Waals surface area contributed by atoms with Crippen LogP contribution in [-0.4, -0.2) is 53.1 Å². The molecule has 3 heterocycles. The number of benzene rings is 2. The third-order valence-corrected chi connectivity index (χ3v) is 5.92. The van der Waals surface area contributed by atoms with Crippen LogP contribution in [0.15, 0.2) is 79.0 Å². The van der Waals surface area contributed by atoms with Crippen molar-refractivity contribution in [3.8, 4) is 0 Å². The molecular weight excluding hydrogens is 406 g/mol. The second-order valence-corrected chi connectivity index (χ2v) is 7.79. The van der Waals surface area contributed by atoms with E-state index in [1.54, 1.807) is 59.6 Å². The normalized spacial score (nSPS) is 20.5. The summed E-state index contributed by atoms with van der Waals surface area (Å²) >= 11 is 0. The zero-order chi connectivity index (χ0) is 22.1. The molecule has 2 N–H and O–H groups in total. The van der Waals surface area contributed by atoms with Gasteiger partial charge in [-0.1, -0.05) is 42.5 Å². The number of nitrogens with one attached hydrogen (secondary N) is 1. The molecule has 3 aromatic rings. The molecule has 0 spiro atoms. The molecule has 162 valence electrons. The highest BCUT2D eigenvalue weighted by molar-refractivity contribution is 6.11. The number of anilines is 3. The average molecular weight is 429 g/mol. The molecule has 1 atom stereocenters. The third kappa shape index (κ3) is 3.25. The Morgan fingerprint density at radius 1 is 0.906 bits per heavy atom. The standard InChI is InChI=1S/C24H23N5O3/c30-22(28-16-14-27(15-17-28)21-12-6-7-13-25-21)24(32)19-10-4-5-11-20(19)26-23(31)29(24)18-8-2-1-3-9-18/h1-13,32H,14-17H2,(H,26,31)/t24-/m0/s1. The number of amides is 3. The Morgan fingerprint density at radius 2 is 1.59 bits per heavy atom. The lowest BCUT2D eigenvalue weighted by atomic mass is 9.94. The largest absolute Gasteiger partial charge is 0.359 e. The summed E-state index contributed by atoms with van der Waals surface area (Å²) in [6, 6.07) is 20.8. The van der Waals surface area contributed by atoms with E-state index < -0.39 is 17.7 Å². The lowest BCUT2D eigenvalue weighted by Crippen LogP contribution is -2.65. The van der Waals surface area contributed by atoms with Crippen molar-refractivity contribution in [2.24, 2.45) is 0 Å². The second kappa shape index (κ2) is 7.97. The second-order valence-electron chi connectivity index (χ2n) is 7.79. The number of carbonyl (C=O) groups excluding carboxylic acids is 2. The van der Waals surface area contributed by atoms with Crippen LogP contribution in [-0.2, 0) is 10.5 Å². The van der Waals surface area contributed by atoms with Crippen molar-refractivity contribution in [1.82, 2.24) is 9.88 Å². The number of para-hydroxylation sites is 2. The lowest BCUT2D eigenvalue weighted by Gasteiger charge is -2.46. The molecule has 5 rings (SSSR count). The first-order valence-corrected chi connectivity index (χ1v) is 10.5. The molecule has 8 nitrogen and oxygen atoms in total. The number of urea groups is 1. The third-order valence-electron chi connectivity index (χ3n) is 5.92. The number of carbonyl (C=O) groups is 2. The summed E-state index contributed by atoms with van der Waals surface area (Å²) in [4.78, 5) is 36.1. The van der Waals surface area contributed by atoms with Crippen molar-refractivity contribution in [2.75, 3.05) is 41.3 Å². The van der Waals surface area contributed by atoms with Gasteiger partial charge in [0.2, 0.25) is 0 Å².